The van der Waals surface area contributed by atoms with Crippen molar-refractivity contribution < 1.29 is 23.5 Å². The lowest BCUT2D eigenvalue weighted by atomic mass is 10.1. The molecule has 24 heavy (non-hydrogen) atoms. The number of rotatable bonds is 5. The number of hydrogen-bond acceptors (Lipinski definition) is 5. The summed E-state index contributed by atoms with van der Waals surface area (Å²) in [5.74, 6) is -2.25. The number of ether oxygens (including phenoxy) is 1. The molecule has 0 unspecified atom stereocenters. The van der Waals surface area contributed by atoms with E-state index in [-0.39, 0.29) is 17.0 Å². The van der Waals surface area contributed by atoms with E-state index in [0.29, 0.717) is 11.3 Å². The minimum Gasteiger partial charge on any atom is -0.452 e. The molecular formula is C17H15FN2O4. The predicted molar refractivity (Wildman–Crippen MR) is 86.2 cm³/mol. The van der Waals surface area contributed by atoms with E-state index in [0.717, 1.165) is 12.1 Å². The molecule has 0 saturated heterocycles. The molecule has 0 radical (unpaired) electrons. The highest BCUT2D eigenvalue weighted by Crippen LogP contribution is 2.16. The fourth-order valence-electron chi connectivity index (χ4n) is 2.01. The first-order chi connectivity index (χ1) is 11.4. The van der Waals surface area contributed by atoms with Crippen LogP contribution in [0.4, 0.5) is 15.8 Å². The lowest BCUT2D eigenvalue weighted by molar-refractivity contribution is -0.119. The Hall–Kier alpha value is -3.22. The summed E-state index contributed by atoms with van der Waals surface area (Å²) in [5, 5.41) is 2.49. The van der Waals surface area contributed by atoms with Crippen LogP contribution in [0.1, 0.15) is 27.6 Å². The second kappa shape index (κ2) is 7.36. The number of para-hydroxylation sites is 1. The third-order valence-electron chi connectivity index (χ3n) is 3.15. The van der Waals surface area contributed by atoms with Crippen LogP contribution < -0.4 is 11.1 Å². The Morgan fingerprint density at radius 1 is 1.12 bits per heavy atom. The summed E-state index contributed by atoms with van der Waals surface area (Å²) in [7, 11) is 0. The Balaban J connectivity index is 1.99. The van der Waals surface area contributed by atoms with Crippen molar-refractivity contribution in [2.75, 3.05) is 17.7 Å². The Morgan fingerprint density at radius 3 is 2.50 bits per heavy atom. The molecule has 0 atom stereocenters. The molecule has 1 amide bonds. The zero-order chi connectivity index (χ0) is 17.7. The van der Waals surface area contributed by atoms with E-state index < -0.39 is 24.3 Å². The summed E-state index contributed by atoms with van der Waals surface area (Å²) < 4.78 is 17.8. The van der Waals surface area contributed by atoms with Gasteiger partial charge in [-0.3, -0.25) is 9.59 Å². The van der Waals surface area contributed by atoms with Crippen LogP contribution in [0.5, 0.6) is 0 Å². The van der Waals surface area contributed by atoms with Crippen molar-refractivity contribution >= 4 is 29.0 Å². The van der Waals surface area contributed by atoms with E-state index in [9.17, 15) is 18.8 Å². The quantitative estimate of drug-likeness (QED) is 0.498. The van der Waals surface area contributed by atoms with E-state index in [1.807, 2.05) is 0 Å². The van der Waals surface area contributed by atoms with Crippen LogP contribution in [0.3, 0.4) is 0 Å². The Labute approximate surface area is 137 Å². The van der Waals surface area contributed by atoms with Gasteiger partial charge in [-0.05, 0) is 37.3 Å². The number of nitrogens with two attached hydrogens (primary N) is 1. The molecule has 0 fully saturated rings. The maximum atomic E-state index is 12.9. The number of anilines is 2. The number of hydrogen-bond donors (Lipinski definition) is 2. The average molecular weight is 330 g/mol. The van der Waals surface area contributed by atoms with Crippen LogP contribution in [0.15, 0.2) is 42.5 Å². The number of carbonyl (C=O) groups is 3. The van der Waals surface area contributed by atoms with Crippen LogP contribution in [-0.2, 0) is 9.53 Å². The SMILES string of the molecule is CC(=O)c1ccccc1NC(=O)COC(=O)c1ccc(F)cc1N. The first-order valence-corrected chi connectivity index (χ1v) is 7.00. The second-order valence-electron chi connectivity index (χ2n) is 4.96. The van der Waals surface area contributed by atoms with Crippen molar-refractivity contribution in [3.8, 4) is 0 Å². The van der Waals surface area contributed by atoms with Gasteiger partial charge >= 0.3 is 5.97 Å². The van der Waals surface area contributed by atoms with Gasteiger partial charge in [-0.1, -0.05) is 12.1 Å². The molecule has 7 heteroatoms. The molecule has 0 heterocycles. The van der Waals surface area contributed by atoms with Gasteiger partial charge in [0, 0.05) is 11.3 Å². The molecule has 2 aromatic rings. The number of carbonyl (C=O) groups excluding carboxylic acids is 3. The minimum absolute atomic E-state index is 0.0339. The van der Waals surface area contributed by atoms with Gasteiger partial charge in [0.2, 0.25) is 0 Å². The van der Waals surface area contributed by atoms with Crippen molar-refractivity contribution in [2.45, 2.75) is 6.92 Å². The Kier molecular flexibility index (Phi) is 5.26. The monoisotopic (exact) mass is 330 g/mol. The zero-order valence-corrected chi connectivity index (χ0v) is 12.8. The van der Waals surface area contributed by atoms with Crippen LogP contribution in [-0.4, -0.2) is 24.3 Å². The molecule has 6 nitrogen and oxygen atoms in total. The molecule has 0 bridgehead atoms. The molecule has 0 aromatic heterocycles. The van der Waals surface area contributed by atoms with Gasteiger partial charge in [-0.2, -0.15) is 0 Å². The van der Waals surface area contributed by atoms with Crippen LogP contribution in [0, 0.1) is 5.82 Å². The van der Waals surface area contributed by atoms with Gasteiger partial charge in [0.15, 0.2) is 12.4 Å². The fraction of sp³-hybridized carbons (Fsp3) is 0.118. The normalized spacial score (nSPS) is 10.1. The maximum absolute atomic E-state index is 12.9. The molecule has 2 aromatic carbocycles. The number of amides is 1. The molecule has 0 aliphatic rings. The summed E-state index contributed by atoms with van der Waals surface area (Å²) in [6.45, 7) is 0.810. The average Bonchev–Trinajstić information content (AvgIpc) is 2.53. The van der Waals surface area contributed by atoms with E-state index in [4.69, 9.17) is 10.5 Å². The predicted octanol–water partition coefficient (Wildman–Crippen LogP) is 2.41. The highest BCUT2D eigenvalue weighted by molar-refractivity contribution is 6.04. The maximum Gasteiger partial charge on any atom is 0.340 e. The molecule has 0 spiro atoms. The number of Topliss-reactive ketones (excluding diaryl/α,β-unsaturated/α-hetero) is 1. The Bertz CT molecular complexity index is 805. The summed E-state index contributed by atoms with van der Waals surface area (Å²) in [4.78, 5) is 35.2. The first-order valence-electron chi connectivity index (χ1n) is 7.00. The molecule has 124 valence electrons. The summed E-state index contributed by atoms with van der Waals surface area (Å²) >= 11 is 0. The number of nitrogens with one attached hydrogen (secondary N) is 1. The molecule has 3 N–H and O–H groups in total. The largest absolute Gasteiger partial charge is 0.452 e. The molecule has 2 rings (SSSR count). The van der Waals surface area contributed by atoms with Crippen LogP contribution in [0.2, 0.25) is 0 Å². The summed E-state index contributed by atoms with van der Waals surface area (Å²) in [5.41, 5.74) is 6.08. The zero-order valence-electron chi connectivity index (χ0n) is 12.8. The van der Waals surface area contributed by atoms with Gasteiger partial charge in [-0.25, -0.2) is 9.18 Å². The number of benzene rings is 2. The number of ketones is 1. The number of halogens is 1. The van der Waals surface area contributed by atoms with E-state index in [2.05, 4.69) is 5.32 Å². The molecule has 0 aliphatic carbocycles. The van der Waals surface area contributed by atoms with Crippen molar-refractivity contribution in [2.24, 2.45) is 0 Å². The van der Waals surface area contributed by atoms with Gasteiger partial charge < -0.3 is 15.8 Å². The summed E-state index contributed by atoms with van der Waals surface area (Å²) in [6, 6.07) is 9.69. The third-order valence-corrected chi connectivity index (χ3v) is 3.15. The van der Waals surface area contributed by atoms with Crippen molar-refractivity contribution in [1.29, 1.82) is 0 Å². The Morgan fingerprint density at radius 2 is 1.83 bits per heavy atom. The highest BCUT2D eigenvalue weighted by Gasteiger charge is 2.15. The van der Waals surface area contributed by atoms with Crippen LogP contribution in [0.25, 0.3) is 0 Å². The standard InChI is InChI=1S/C17H15FN2O4/c1-10(21)12-4-2-3-5-15(12)20-16(22)9-24-17(23)13-7-6-11(18)8-14(13)19/h2-8H,9,19H2,1H3,(H,20,22). The van der Waals surface area contributed by atoms with Crippen LogP contribution >= 0.6 is 0 Å². The lowest BCUT2D eigenvalue weighted by Crippen LogP contribution is -2.22. The van der Waals surface area contributed by atoms with Gasteiger partial charge in [0.25, 0.3) is 5.91 Å². The number of esters is 1. The van der Waals surface area contributed by atoms with E-state index in [1.165, 1.54) is 13.0 Å². The van der Waals surface area contributed by atoms with Gasteiger partial charge in [0.05, 0.1) is 11.3 Å². The van der Waals surface area contributed by atoms with Gasteiger partial charge in [0.1, 0.15) is 5.82 Å². The first kappa shape index (κ1) is 17.1. The molecule has 0 saturated carbocycles. The minimum atomic E-state index is -0.845. The fourth-order valence-corrected chi connectivity index (χ4v) is 2.01. The third kappa shape index (κ3) is 4.16. The van der Waals surface area contributed by atoms with Crippen molar-refractivity contribution in [3.63, 3.8) is 0 Å². The van der Waals surface area contributed by atoms with Crippen molar-refractivity contribution in [3.05, 3.63) is 59.4 Å². The van der Waals surface area contributed by atoms with Crippen molar-refractivity contribution in [1.82, 2.24) is 0 Å². The highest BCUT2D eigenvalue weighted by atomic mass is 19.1. The molecular weight excluding hydrogens is 315 g/mol. The van der Waals surface area contributed by atoms with Gasteiger partial charge in [-0.15, -0.1) is 0 Å². The topological polar surface area (TPSA) is 98.5 Å². The van der Waals surface area contributed by atoms with E-state index in [1.54, 1.807) is 24.3 Å². The number of nitrogen functional groups attached to an aromatic ring is 1. The second-order valence-corrected chi connectivity index (χ2v) is 4.96. The smallest absolute Gasteiger partial charge is 0.340 e. The molecule has 0 aliphatic heterocycles. The summed E-state index contributed by atoms with van der Waals surface area (Å²) in [6.07, 6.45) is 0. The lowest BCUT2D eigenvalue weighted by Gasteiger charge is -2.10. The van der Waals surface area contributed by atoms with E-state index >= 15 is 0 Å².